The van der Waals surface area contributed by atoms with E-state index in [1.165, 1.54) is 6.07 Å². The fourth-order valence-corrected chi connectivity index (χ4v) is 1.61. The molecule has 0 aliphatic rings. The average Bonchev–Trinajstić information content (AvgIpc) is 2.37. The van der Waals surface area contributed by atoms with Crippen LogP contribution >= 0.6 is 0 Å². The summed E-state index contributed by atoms with van der Waals surface area (Å²) in [4.78, 5) is 14.0. The SMILES string of the molecule is O=C([O-])c1ccc(-c2cncc(C(F)(F)F)c2)cc1F.[K+]. The summed E-state index contributed by atoms with van der Waals surface area (Å²) in [6.45, 7) is 0. The summed E-state index contributed by atoms with van der Waals surface area (Å²) in [6.07, 6.45) is -2.79. The van der Waals surface area contributed by atoms with Gasteiger partial charge in [0.1, 0.15) is 5.82 Å². The molecule has 1 heterocycles. The molecule has 104 valence electrons. The van der Waals surface area contributed by atoms with Crippen LogP contribution in [0, 0.1) is 5.82 Å². The molecule has 0 spiro atoms. The molecule has 0 radical (unpaired) electrons. The van der Waals surface area contributed by atoms with Gasteiger partial charge in [0.25, 0.3) is 0 Å². The second kappa shape index (κ2) is 6.97. The normalized spacial score (nSPS) is 10.9. The Labute approximate surface area is 159 Å². The molecule has 0 bridgehead atoms. The predicted molar refractivity (Wildman–Crippen MR) is 59.0 cm³/mol. The van der Waals surface area contributed by atoms with E-state index in [0.29, 0.717) is 6.20 Å². The maximum atomic E-state index is 13.5. The number of benzene rings is 1. The van der Waals surface area contributed by atoms with E-state index in [4.69, 9.17) is 0 Å². The summed E-state index contributed by atoms with van der Waals surface area (Å²) in [6, 6.07) is 3.74. The zero-order chi connectivity index (χ0) is 14.9. The van der Waals surface area contributed by atoms with Crippen LogP contribution in [0.1, 0.15) is 15.9 Å². The number of carboxylic acid groups (broad SMARTS) is 1. The van der Waals surface area contributed by atoms with Crippen LogP contribution in [0.15, 0.2) is 36.7 Å². The number of carboxylic acids is 1. The number of hydrogen-bond donors (Lipinski definition) is 0. The molecule has 2 rings (SSSR count). The summed E-state index contributed by atoms with van der Waals surface area (Å²) in [5.41, 5.74) is -1.51. The third-order valence-electron chi connectivity index (χ3n) is 2.59. The van der Waals surface area contributed by atoms with Gasteiger partial charge in [-0.2, -0.15) is 13.2 Å². The Morgan fingerprint density at radius 2 is 1.76 bits per heavy atom. The molecular weight excluding hydrogens is 317 g/mol. The summed E-state index contributed by atoms with van der Waals surface area (Å²) in [5.74, 6) is -2.78. The molecule has 0 aliphatic heterocycles. The van der Waals surface area contributed by atoms with Gasteiger partial charge in [-0.15, -0.1) is 0 Å². The molecule has 1 aromatic heterocycles. The fraction of sp³-hybridized carbons (Fsp3) is 0.0769. The first-order valence-electron chi connectivity index (χ1n) is 5.32. The van der Waals surface area contributed by atoms with Crippen LogP contribution in [0.3, 0.4) is 0 Å². The molecular formula is C13H6F4KNO2. The van der Waals surface area contributed by atoms with Gasteiger partial charge in [-0.05, 0) is 23.8 Å². The first kappa shape index (κ1) is 18.2. The molecule has 0 N–H and O–H groups in total. The number of alkyl halides is 3. The summed E-state index contributed by atoms with van der Waals surface area (Å²) in [7, 11) is 0. The monoisotopic (exact) mass is 323 g/mol. The van der Waals surface area contributed by atoms with Crippen molar-refractivity contribution in [2.24, 2.45) is 0 Å². The van der Waals surface area contributed by atoms with E-state index in [2.05, 4.69) is 4.98 Å². The second-order valence-corrected chi connectivity index (χ2v) is 3.94. The zero-order valence-corrected chi connectivity index (χ0v) is 13.9. The van der Waals surface area contributed by atoms with Gasteiger partial charge in [0.2, 0.25) is 0 Å². The predicted octanol–water partition coefficient (Wildman–Crippen LogP) is -0.726. The third kappa shape index (κ3) is 4.33. The topological polar surface area (TPSA) is 53.0 Å². The third-order valence-corrected chi connectivity index (χ3v) is 2.59. The standard InChI is InChI=1S/C13H7F4NO2.K/c14-11-4-7(1-2-10(11)12(19)20)8-3-9(6-18-5-8)13(15,16)17;/h1-6H,(H,19,20);/q;+1/p-1. The first-order chi connectivity index (χ1) is 9.29. The minimum absolute atomic E-state index is 0. The molecule has 0 atom stereocenters. The number of rotatable bonds is 2. The van der Waals surface area contributed by atoms with Crippen molar-refractivity contribution in [3.05, 3.63) is 53.6 Å². The van der Waals surface area contributed by atoms with Gasteiger partial charge in [0.15, 0.2) is 0 Å². The van der Waals surface area contributed by atoms with E-state index in [0.717, 1.165) is 24.4 Å². The van der Waals surface area contributed by atoms with Crippen molar-refractivity contribution >= 4 is 5.97 Å². The molecule has 0 aliphatic carbocycles. The van der Waals surface area contributed by atoms with Crippen molar-refractivity contribution < 1.29 is 78.8 Å². The fourth-order valence-electron chi connectivity index (χ4n) is 1.61. The van der Waals surface area contributed by atoms with Crippen LogP contribution in [0.25, 0.3) is 11.1 Å². The molecule has 3 nitrogen and oxygen atoms in total. The Kier molecular flexibility index (Phi) is 6.06. The summed E-state index contributed by atoms with van der Waals surface area (Å²) in [5, 5.41) is 10.5. The molecule has 0 fully saturated rings. The van der Waals surface area contributed by atoms with Gasteiger partial charge in [-0.1, -0.05) is 6.07 Å². The molecule has 2 aromatic rings. The van der Waals surface area contributed by atoms with Crippen LogP contribution in [0.2, 0.25) is 0 Å². The minimum Gasteiger partial charge on any atom is -0.545 e. The number of carbonyl (C=O) groups is 1. The maximum Gasteiger partial charge on any atom is 1.00 e. The van der Waals surface area contributed by atoms with E-state index in [1.807, 2.05) is 0 Å². The number of aromatic carboxylic acids is 1. The van der Waals surface area contributed by atoms with Crippen molar-refractivity contribution in [3.63, 3.8) is 0 Å². The number of carbonyl (C=O) groups excluding carboxylic acids is 1. The van der Waals surface area contributed by atoms with Crippen LogP contribution < -0.4 is 56.5 Å². The van der Waals surface area contributed by atoms with Crippen molar-refractivity contribution in [3.8, 4) is 11.1 Å². The van der Waals surface area contributed by atoms with Crippen LogP contribution in [0.4, 0.5) is 17.6 Å². The Bertz CT molecular complexity index is 673. The molecule has 0 saturated carbocycles. The summed E-state index contributed by atoms with van der Waals surface area (Å²) >= 11 is 0. The Hall–Kier alpha value is -0.804. The average molecular weight is 323 g/mol. The number of hydrogen-bond acceptors (Lipinski definition) is 3. The molecule has 0 amide bonds. The van der Waals surface area contributed by atoms with E-state index in [1.54, 1.807) is 0 Å². The molecule has 1 aromatic carbocycles. The number of pyridine rings is 1. The van der Waals surface area contributed by atoms with Gasteiger partial charge in [-0.3, -0.25) is 4.98 Å². The Balaban J connectivity index is 0.00000220. The minimum atomic E-state index is -4.56. The molecule has 21 heavy (non-hydrogen) atoms. The smallest absolute Gasteiger partial charge is 0.545 e. The molecule has 0 unspecified atom stereocenters. The number of aromatic nitrogens is 1. The van der Waals surface area contributed by atoms with E-state index in [9.17, 15) is 27.5 Å². The number of nitrogens with zero attached hydrogens (tertiary/aromatic N) is 1. The maximum absolute atomic E-state index is 13.5. The van der Waals surface area contributed by atoms with E-state index in [-0.39, 0.29) is 62.5 Å². The van der Waals surface area contributed by atoms with Crippen molar-refractivity contribution in [1.29, 1.82) is 0 Å². The van der Waals surface area contributed by atoms with Crippen molar-refractivity contribution in [1.82, 2.24) is 4.98 Å². The van der Waals surface area contributed by atoms with Crippen molar-refractivity contribution in [2.75, 3.05) is 0 Å². The van der Waals surface area contributed by atoms with Gasteiger partial charge < -0.3 is 9.90 Å². The van der Waals surface area contributed by atoms with Gasteiger partial charge in [-0.25, -0.2) is 4.39 Å². The van der Waals surface area contributed by atoms with Crippen LogP contribution in [-0.4, -0.2) is 11.0 Å². The number of halogens is 4. The second-order valence-electron chi connectivity index (χ2n) is 3.94. The first-order valence-corrected chi connectivity index (χ1v) is 5.32. The van der Waals surface area contributed by atoms with Gasteiger partial charge in [0.05, 0.1) is 11.5 Å². The van der Waals surface area contributed by atoms with Crippen molar-refractivity contribution in [2.45, 2.75) is 6.18 Å². The van der Waals surface area contributed by atoms with Gasteiger partial charge >= 0.3 is 57.6 Å². The Morgan fingerprint density at radius 1 is 1.10 bits per heavy atom. The molecule has 8 heteroatoms. The zero-order valence-electron chi connectivity index (χ0n) is 10.7. The Morgan fingerprint density at radius 3 is 2.29 bits per heavy atom. The van der Waals surface area contributed by atoms with Gasteiger partial charge in [0, 0.05) is 23.5 Å². The summed E-state index contributed by atoms with van der Waals surface area (Å²) < 4.78 is 51.1. The van der Waals surface area contributed by atoms with Crippen LogP contribution in [-0.2, 0) is 6.18 Å². The molecule has 0 saturated heterocycles. The van der Waals surface area contributed by atoms with E-state index >= 15 is 0 Å². The quantitative estimate of drug-likeness (QED) is 0.541. The largest absolute Gasteiger partial charge is 1.00 e. The van der Waals surface area contributed by atoms with E-state index < -0.39 is 29.1 Å². The van der Waals surface area contributed by atoms with Crippen LogP contribution in [0.5, 0.6) is 0 Å².